The maximum absolute atomic E-state index is 13.7. The number of ether oxygens (including phenoxy) is 3. The molecule has 4 rings (SSSR count). The molecule has 190 valence electrons. The van der Waals surface area contributed by atoms with Crippen LogP contribution in [0.15, 0.2) is 63.5 Å². The van der Waals surface area contributed by atoms with Gasteiger partial charge in [-0.3, -0.25) is 9.36 Å². The molecule has 0 amide bonds. The second-order valence-corrected chi connectivity index (χ2v) is 9.35. The van der Waals surface area contributed by atoms with Crippen molar-refractivity contribution >= 4 is 23.4 Å². The molecular weight excluding hydrogens is 488 g/mol. The Kier molecular flexibility index (Phi) is 7.95. The van der Waals surface area contributed by atoms with Gasteiger partial charge in [0.2, 0.25) is 0 Å². The van der Waals surface area contributed by atoms with Gasteiger partial charge in [-0.15, -0.1) is 6.42 Å². The third kappa shape index (κ3) is 5.37. The number of esters is 1. The fourth-order valence-corrected chi connectivity index (χ4v) is 5.18. The Morgan fingerprint density at radius 2 is 1.86 bits per heavy atom. The lowest BCUT2D eigenvalue weighted by Crippen LogP contribution is -2.39. The Balaban J connectivity index is 1.87. The van der Waals surface area contributed by atoms with Gasteiger partial charge in [0.1, 0.15) is 6.61 Å². The summed E-state index contributed by atoms with van der Waals surface area (Å²) in [7, 11) is 0. The van der Waals surface area contributed by atoms with Crippen LogP contribution in [-0.2, 0) is 9.53 Å². The van der Waals surface area contributed by atoms with E-state index in [1.54, 1.807) is 36.6 Å². The summed E-state index contributed by atoms with van der Waals surface area (Å²) in [6.07, 6.45) is 7.10. The molecule has 0 unspecified atom stereocenters. The van der Waals surface area contributed by atoms with Crippen molar-refractivity contribution in [3.63, 3.8) is 0 Å². The van der Waals surface area contributed by atoms with Crippen LogP contribution in [0.1, 0.15) is 43.5 Å². The van der Waals surface area contributed by atoms with Crippen LogP contribution in [-0.4, -0.2) is 30.4 Å². The van der Waals surface area contributed by atoms with Crippen molar-refractivity contribution in [2.45, 2.75) is 33.7 Å². The van der Waals surface area contributed by atoms with Crippen LogP contribution in [0.4, 0.5) is 0 Å². The molecule has 3 aromatic rings. The molecule has 1 aliphatic rings. The van der Waals surface area contributed by atoms with Crippen molar-refractivity contribution in [2.24, 2.45) is 4.99 Å². The Hall–Kier alpha value is -4.09. The van der Waals surface area contributed by atoms with Gasteiger partial charge in [0.25, 0.3) is 5.56 Å². The first kappa shape index (κ1) is 26.0. The molecular formula is C29H28N2O5S. The predicted octanol–water partition coefficient (Wildman–Crippen LogP) is 3.52. The minimum absolute atomic E-state index is 0.124. The van der Waals surface area contributed by atoms with Gasteiger partial charge in [-0.1, -0.05) is 53.2 Å². The van der Waals surface area contributed by atoms with E-state index in [4.69, 9.17) is 20.6 Å². The summed E-state index contributed by atoms with van der Waals surface area (Å²) in [6.45, 7) is 8.19. The van der Waals surface area contributed by atoms with Gasteiger partial charge in [0.05, 0.1) is 35.1 Å². The Labute approximate surface area is 219 Å². The molecule has 8 heteroatoms. The van der Waals surface area contributed by atoms with E-state index in [1.165, 1.54) is 11.3 Å². The highest BCUT2D eigenvalue weighted by Gasteiger charge is 2.33. The molecule has 0 bridgehead atoms. The summed E-state index contributed by atoms with van der Waals surface area (Å²) in [5.74, 6) is 3.04. The minimum Gasteiger partial charge on any atom is -0.490 e. The number of benzene rings is 2. The van der Waals surface area contributed by atoms with Crippen LogP contribution in [0.3, 0.4) is 0 Å². The highest BCUT2D eigenvalue weighted by Crippen LogP contribution is 2.31. The van der Waals surface area contributed by atoms with E-state index in [0.717, 1.165) is 16.7 Å². The standard InChI is InChI=1S/C29H28N2O5S/c1-6-15-36-22-14-11-20(16-23(22)34-7-2)17-24-27(32)31-26(21-12-9-18(4)10-13-21)25(28(33)35-8-3)19(5)30-29(31)37-24/h1,9-14,16-17,26H,7-8,15H2,2-5H3/b24-17+/t26-/m0/s1. The first-order valence-corrected chi connectivity index (χ1v) is 12.8. The van der Waals surface area contributed by atoms with Crippen molar-refractivity contribution in [3.05, 3.63) is 90.1 Å². The van der Waals surface area contributed by atoms with Gasteiger partial charge in [-0.05, 0) is 57.0 Å². The molecule has 1 atom stereocenters. The number of allylic oxidation sites excluding steroid dienone is 1. The maximum Gasteiger partial charge on any atom is 0.338 e. The summed E-state index contributed by atoms with van der Waals surface area (Å²) in [5.41, 5.74) is 3.30. The molecule has 0 radical (unpaired) electrons. The first-order chi connectivity index (χ1) is 17.9. The van der Waals surface area contributed by atoms with Gasteiger partial charge in [-0.2, -0.15) is 0 Å². The number of rotatable bonds is 8. The highest BCUT2D eigenvalue weighted by molar-refractivity contribution is 7.07. The summed E-state index contributed by atoms with van der Waals surface area (Å²) < 4.78 is 18.7. The Morgan fingerprint density at radius 1 is 1.11 bits per heavy atom. The lowest BCUT2D eigenvalue weighted by molar-refractivity contribution is -0.139. The van der Waals surface area contributed by atoms with Crippen molar-refractivity contribution < 1.29 is 19.0 Å². The topological polar surface area (TPSA) is 79.1 Å². The third-order valence-corrected chi connectivity index (χ3v) is 6.77. The number of hydrogen-bond acceptors (Lipinski definition) is 7. The smallest absolute Gasteiger partial charge is 0.338 e. The zero-order valence-corrected chi connectivity index (χ0v) is 22.1. The monoisotopic (exact) mass is 516 g/mol. The van der Waals surface area contributed by atoms with E-state index in [1.807, 2.05) is 44.2 Å². The van der Waals surface area contributed by atoms with E-state index < -0.39 is 12.0 Å². The van der Waals surface area contributed by atoms with Crippen molar-refractivity contribution in [2.75, 3.05) is 19.8 Å². The lowest BCUT2D eigenvalue weighted by Gasteiger charge is -2.24. The lowest BCUT2D eigenvalue weighted by atomic mass is 9.95. The molecule has 7 nitrogen and oxygen atoms in total. The predicted molar refractivity (Wildman–Crippen MR) is 144 cm³/mol. The van der Waals surface area contributed by atoms with Gasteiger partial charge >= 0.3 is 5.97 Å². The fourth-order valence-electron chi connectivity index (χ4n) is 4.13. The van der Waals surface area contributed by atoms with Crippen LogP contribution < -0.4 is 24.4 Å². The molecule has 2 aromatic carbocycles. The molecule has 0 saturated heterocycles. The molecule has 1 aliphatic heterocycles. The third-order valence-electron chi connectivity index (χ3n) is 5.79. The Bertz CT molecular complexity index is 1570. The van der Waals surface area contributed by atoms with Gasteiger partial charge in [0, 0.05) is 0 Å². The molecule has 0 fully saturated rings. The number of terminal acetylenes is 1. The molecule has 37 heavy (non-hydrogen) atoms. The number of fused-ring (bicyclic) bond motifs is 1. The first-order valence-electron chi connectivity index (χ1n) is 12.0. The summed E-state index contributed by atoms with van der Waals surface area (Å²) in [6, 6.07) is 12.5. The van der Waals surface area contributed by atoms with Crippen LogP contribution in [0, 0.1) is 19.3 Å². The molecule has 1 aromatic heterocycles. The normalized spacial score (nSPS) is 15.0. The number of hydrogen-bond donors (Lipinski definition) is 0. The fraction of sp³-hybridized carbons (Fsp3) is 0.276. The van der Waals surface area contributed by atoms with Gasteiger partial charge in [-0.25, -0.2) is 9.79 Å². The zero-order chi connectivity index (χ0) is 26.5. The SMILES string of the molecule is C#CCOc1ccc(/C=c2/sc3n(c2=O)[C@@H](c2ccc(C)cc2)C(C(=O)OCC)=C(C)N=3)cc1OCC. The number of carbonyl (C=O) groups excluding carboxylic acids is 1. The molecule has 2 heterocycles. The van der Waals surface area contributed by atoms with Crippen LogP contribution in [0.5, 0.6) is 11.5 Å². The van der Waals surface area contributed by atoms with Crippen LogP contribution in [0.2, 0.25) is 0 Å². The minimum atomic E-state index is -0.642. The van der Waals surface area contributed by atoms with Crippen LogP contribution in [0.25, 0.3) is 6.08 Å². The molecule has 0 saturated carbocycles. The van der Waals surface area contributed by atoms with Crippen molar-refractivity contribution in [1.82, 2.24) is 4.57 Å². The van der Waals surface area contributed by atoms with Crippen molar-refractivity contribution in [1.29, 1.82) is 0 Å². The van der Waals surface area contributed by atoms with Gasteiger partial charge < -0.3 is 14.2 Å². The quantitative estimate of drug-likeness (QED) is 0.338. The number of aryl methyl sites for hydroxylation is 1. The average Bonchev–Trinajstić information content (AvgIpc) is 3.17. The second kappa shape index (κ2) is 11.3. The zero-order valence-electron chi connectivity index (χ0n) is 21.2. The number of thiazole rings is 1. The summed E-state index contributed by atoms with van der Waals surface area (Å²) >= 11 is 1.27. The largest absolute Gasteiger partial charge is 0.490 e. The molecule has 0 N–H and O–H groups in total. The maximum atomic E-state index is 13.7. The second-order valence-electron chi connectivity index (χ2n) is 8.34. The molecule has 0 spiro atoms. The van der Waals surface area contributed by atoms with Gasteiger partial charge in [0.15, 0.2) is 16.3 Å². The van der Waals surface area contributed by atoms with Crippen molar-refractivity contribution in [3.8, 4) is 23.8 Å². The van der Waals surface area contributed by atoms with E-state index in [0.29, 0.717) is 38.7 Å². The van der Waals surface area contributed by atoms with Crippen LogP contribution >= 0.6 is 11.3 Å². The molecule has 0 aliphatic carbocycles. The van der Waals surface area contributed by atoms with E-state index >= 15 is 0 Å². The Morgan fingerprint density at radius 3 is 2.54 bits per heavy atom. The highest BCUT2D eigenvalue weighted by atomic mass is 32.1. The van der Waals surface area contributed by atoms with E-state index in [-0.39, 0.29) is 18.8 Å². The number of aromatic nitrogens is 1. The summed E-state index contributed by atoms with van der Waals surface area (Å²) in [4.78, 5) is 31.9. The van der Waals surface area contributed by atoms with E-state index in [2.05, 4.69) is 10.9 Å². The number of carbonyl (C=O) groups is 1. The van der Waals surface area contributed by atoms with E-state index in [9.17, 15) is 9.59 Å². The number of nitrogens with zero attached hydrogens (tertiary/aromatic N) is 2. The summed E-state index contributed by atoms with van der Waals surface area (Å²) in [5, 5.41) is 0. The average molecular weight is 517 g/mol.